The summed E-state index contributed by atoms with van der Waals surface area (Å²) in [6.07, 6.45) is -0.388. The largest absolute Gasteiger partial charge is 0.392 e. The summed E-state index contributed by atoms with van der Waals surface area (Å²) in [7, 11) is 0. The molecule has 1 aromatic carbocycles. The van der Waals surface area contributed by atoms with Gasteiger partial charge in [-0.1, -0.05) is 24.6 Å². The van der Waals surface area contributed by atoms with E-state index < -0.39 is 0 Å². The molecule has 0 radical (unpaired) electrons. The van der Waals surface area contributed by atoms with Gasteiger partial charge < -0.3 is 10.2 Å². The lowest BCUT2D eigenvalue weighted by Crippen LogP contribution is -2.15. The van der Waals surface area contributed by atoms with Gasteiger partial charge in [0.2, 0.25) is 0 Å². The first-order chi connectivity index (χ1) is 7.06. The second kappa shape index (κ2) is 5.75. The van der Waals surface area contributed by atoms with Gasteiger partial charge in [0, 0.05) is 20.7 Å². The lowest BCUT2D eigenvalue weighted by molar-refractivity contribution is 0.196. The maximum absolute atomic E-state index is 9.40. The quantitative estimate of drug-likeness (QED) is 0.803. The first-order valence-corrected chi connectivity index (χ1v) is 6.05. The van der Waals surface area contributed by atoms with Crippen LogP contribution in [0.25, 0.3) is 0 Å². The Balaban J connectivity index is 2.89. The van der Waals surface area contributed by atoms with E-state index in [1.165, 1.54) is 11.8 Å². The highest BCUT2D eigenvalue weighted by atomic mass is 35.5. The highest BCUT2D eigenvalue weighted by molar-refractivity contribution is 8.00. The second-order valence-electron chi connectivity index (χ2n) is 3.44. The molecular weight excluding hydrogens is 232 g/mol. The Morgan fingerprint density at radius 1 is 1.40 bits per heavy atom. The minimum Gasteiger partial charge on any atom is -0.392 e. The number of benzene rings is 1. The molecule has 2 N–H and O–H groups in total. The summed E-state index contributed by atoms with van der Waals surface area (Å²) in [5, 5.41) is 19.2. The zero-order valence-electron chi connectivity index (χ0n) is 8.77. The molecule has 0 aliphatic heterocycles. The SMILES string of the molecule is CC(O)C(C)Sc1cccc(Cl)c1CO. The average Bonchev–Trinajstić information content (AvgIpc) is 2.18. The topological polar surface area (TPSA) is 40.5 Å². The van der Waals surface area contributed by atoms with Crippen LogP contribution in [-0.2, 0) is 6.61 Å². The van der Waals surface area contributed by atoms with Crippen LogP contribution < -0.4 is 0 Å². The van der Waals surface area contributed by atoms with Gasteiger partial charge in [-0.3, -0.25) is 0 Å². The highest BCUT2D eigenvalue weighted by Crippen LogP contribution is 2.32. The van der Waals surface area contributed by atoms with Gasteiger partial charge in [0.1, 0.15) is 0 Å². The van der Waals surface area contributed by atoms with Gasteiger partial charge in [0.15, 0.2) is 0 Å². The Morgan fingerprint density at radius 2 is 2.07 bits per heavy atom. The molecule has 2 unspecified atom stereocenters. The van der Waals surface area contributed by atoms with Gasteiger partial charge in [-0.05, 0) is 19.1 Å². The molecule has 0 heterocycles. The van der Waals surface area contributed by atoms with E-state index >= 15 is 0 Å². The van der Waals surface area contributed by atoms with Crippen molar-refractivity contribution in [3.05, 3.63) is 28.8 Å². The molecule has 0 saturated heterocycles. The number of hydrogen-bond donors (Lipinski definition) is 2. The standard InChI is InChI=1S/C11H15ClO2S/c1-7(14)8(2)15-11-5-3-4-10(12)9(11)6-13/h3-5,7-8,13-14H,6H2,1-2H3. The summed E-state index contributed by atoms with van der Waals surface area (Å²) in [4.78, 5) is 0.929. The molecule has 0 saturated carbocycles. The molecule has 0 bridgehead atoms. The molecule has 1 aromatic rings. The smallest absolute Gasteiger partial charge is 0.0707 e. The van der Waals surface area contributed by atoms with Crippen LogP contribution in [0.1, 0.15) is 19.4 Å². The number of thioether (sulfide) groups is 1. The van der Waals surface area contributed by atoms with Gasteiger partial charge in [-0.15, -0.1) is 11.8 Å². The van der Waals surface area contributed by atoms with Crippen LogP contribution in [-0.4, -0.2) is 21.6 Å². The third-order valence-electron chi connectivity index (χ3n) is 2.23. The van der Waals surface area contributed by atoms with E-state index in [2.05, 4.69) is 0 Å². The zero-order chi connectivity index (χ0) is 11.4. The van der Waals surface area contributed by atoms with Crippen molar-refractivity contribution in [2.45, 2.75) is 36.7 Å². The fourth-order valence-electron chi connectivity index (χ4n) is 1.10. The van der Waals surface area contributed by atoms with Crippen molar-refractivity contribution < 1.29 is 10.2 Å². The van der Waals surface area contributed by atoms with Crippen molar-refractivity contribution in [1.82, 2.24) is 0 Å². The molecule has 2 nitrogen and oxygen atoms in total. The normalized spacial score (nSPS) is 15.0. The van der Waals surface area contributed by atoms with E-state index in [1.807, 2.05) is 19.1 Å². The molecule has 15 heavy (non-hydrogen) atoms. The number of halogens is 1. The van der Waals surface area contributed by atoms with Crippen LogP contribution >= 0.6 is 23.4 Å². The van der Waals surface area contributed by atoms with Crippen molar-refractivity contribution in [1.29, 1.82) is 0 Å². The predicted octanol–water partition coefficient (Wildman–Crippen LogP) is 2.69. The summed E-state index contributed by atoms with van der Waals surface area (Å²) >= 11 is 7.48. The first kappa shape index (κ1) is 12.8. The Morgan fingerprint density at radius 3 is 2.60 bits per heavy atom. The predicted molar refractivity (Wildman–Crippen MR) is 64.4 cm³/mol. The summed E-state index contributed by atoms with van der Waals surface area (Å²) in [5.41, 5.74) is 0.733. The van der Waals surface area contributed by atoms with E-state index in [1.54, 1.807) is 13.0 Å². The van der Waals surface area contributed by atoms with E-state index in [4.69, 9.17) is 11.6 Å². The Hall–Kier alpha value is -0.220. The summed E-state index contributed by atoms with van der Waals surface area (Å²) in [6.45, 7) is 3.62. The maximum Gasteiger partial charge on any atom is 0.0707 e. The fraction of sp³-hybridized carbons (Fsp3) is 0.455. The van der Waals surface area contributed by atoms with Crippen LogP contribution in [0.5, 0.6) is 0 Å². The number of aliphatic hydroxyl groups excluding tert-OH is 2. The van der Waals surface area contributed by atoms with Crippen molar-refractivity contribution in [2.24, 2.45) is 0 Å². The van der Waals surface area contributed by atoms with Gasteiger partial charge >= 0.3 is 0 Å². The van der Waals surface area contributed by atoms with E-state index in [9.17, 15) is 10.2 Å². The van der Waals surface area contributed by atoms with Gasteiger partial charge in [-0.25, -0.2) is 0 Å². The molecular formula is C11H15ClO2S. The van der Waals surface area contributed by atoms with E-state index in [0.29, 0.717) is 5.02 Å². The summed E-state index contributed by atoms with van der Waals surface area (Å²) in [5.74, 6) is 0. The van der Waals surface area contributed by atoms with Gasteiger partial charge in [0.05, 0.1) is 12.7 Å². The van der Waals surface area contributed by atoms with Crippen molar-refractivity contribution in [2.75, 3.05) is 0 Å². The lowest BCUT2D eigenvalue weighted by Gasteiger charge is -2.16. The highest BCUT2D eigenvalue weighted by Gasteiger charge is 2.13. The molecule has 0 spiro atoms. The van der Waals surface area contributed by atoms with Crippen LogP contribution in [0.4, 0.5) is 0 Å². The monoisotopic (exact) mass is 246 g/mol. The average molecular weight is 247 g/mol. The van der Waals surface area contributed by atoms with Gasteiger partial charge in [0.25, 0.3) is 0 Å². The molecule has 1 rings (SSSR count). The molecule has 0 fully saturated rings. The van der Waals surface area contributed by atoms with Crippen molar-refractivity contribution >= 4 is 23.4 Å². The van der Waals surface area contributed by atoms with E-state index in [0.717, 1.165) is 10.5 Å². The molecule has 2 atom stereocenters. The van der Waals surface area contributed by atoms with Crippen LogP contribution in [0, 0.1) is 0 Å². The number of rotatable bonds is 4. The minimum atomic E-state index is -0.388. The van der Waals surface area contributed by atoms with Crippen LogP contribution in [0.15, 0.2) is 23.1 Å². The zero-order valence-corrected chi connectivity index (χ0v) is 10.3. The minimum absolute atomic E-state index is 0.0749. The summed E-state index contributed by atoms with van der Waals surface area (Å²) in [6, 6.07) is 5.50. The molecule has 4 heteroatoms. The molecule has 0 aliphatic rings. The summed E-state index contributed by atoms with van der Waals surface area (Å²) < 4.78 is 0. The number of hydrogen-bond acceptors (Lipinski definition) is 3. The van der Waals surface area contributed by atoms with Crippen molar-refractivity contribution in [3.63, 3.8) is 0 Å². The second-order valence-corrected chi connectivity index (χ2v) is 5.26. The Bertz CT molecular complexity index is 328. The first-order valence-electron chi connectivity index (χ1n) is 4.79. The maximum atomic E-state index is 9.40. The molecule has 84 valence electrons. The molecule has 0 aromatic heterocycles. The van der Waals surface area contributed by atoms with Gasteiger partial charge in [-0.2, -0.15) is 0 Å². The third-order valence-corrected chi connectivity index (χ3v) is 3.98. The van der Waals surface area contributed by atoms with Crippen molar-refractivity contribution in [3.8, 4) is 0 Å². The fourth-order valence-corrected chi connectivity index (χ4v) is 2.46. The van der Waals surface area contributed by atoms with E-state index in [-0.39, 0.29) is 18.0 Å². The lowest BCUT2D eigenvalue weighted by atomic mass is 10.2. The van der Waals surface area contributed by atoms with Crippen LogP contribution in [0.3, 0.4) is 0 Å². The Kier molecular flexibility index (Phi) is 4.93. The Labute approximate surface area is 99.3 Å². The van der Waals surface area contributed by atoms with Crippen LogP contribution in [0.2, 0.25) is 5.02 Å². The third kappa shape index (κ3) is 3.38. The molecule has 0 aliphatic carbocycles. The molecule has 0 amide bonds. The number of aliphatic hydroxyl groups is 2.